The molecule has 0 bridgehead atoms. The minimum Gasteiger partial charge on any atom is -0.429 e. The van der Waals surface area contributed by atoms with Crippen LogP contribution in [-0.4, -0.2) is 15.7 Å². The van der Waals surface area contributed by atoms with E-state index in [4.69, 9.17) is 4.74 Å². The number of aromatic nitrogens is 2. The van der Waals surface area contributed by atoms with Crippen LogP contribution in [0.4, 0.5) is 0 Å². The Balaban J connectivity index is 2.06. The predicted molar refractivity (Wildman–Crippen MR) is 91.6 cm³/mol. The number of benzene rings is 2. The van der Waals surface area contributed by atoms with Crippen molar-refractivity contribution < 1.29 is 9.53 Å². The molecule has 0 spiro atoms. The van der Waals surface area contributed by atoms with E-state index in [0.717, 1.165) is 22.5 Å². The number of nitrogens with zero attached hydrogens (tertiary/aromatic N) is 2. The first-order valence-corrected chi connectivity index (χ1v) is 8.11. The molecule has 0 radical (unpaired) electrons. The Morgan fingerprint density at radius 3 is 2.42 bits per heavy atom. The van der Waals surface area contributed by atoms with Gasteiger partial charge in [-0.15, -0.1) is 0 Å². The Labute approximate surface area is 140 Å². The number of esters is 1. The standard InChI is InChI=1S/C20H18N2O2/c1-3-20(15-9-5-4-6-10-15)22-18(13-14(2)21-22)16-11-7-8-12-17(16)19(23)24-20/h4-13H,3H2,1-2H3. The van der Waals surface area contributed by atoms with Gasteiger partial charge in [-0.1, -0.05) is 55.5 Å². The molecule has 2 heterocycles. The highest BCUT2D eigenvalue weighted by atomic mass is 16.6. The highest BCUT2D eigenvalue weighted by Gasteiger charge is 2.42. The summed E-state index contributed by atoms with van der Waals surface area (Å²) in [6.07, 6.45) is 0.588. The molecule has 1 atom stereocenters. The van der Waals surface area contributed by atoms with Gasteiger partial charge in [0.05, 0.1) is 17.0 Å². The van der Waals surface area contributed by atoms with Crippen molar-refractivity contribution >= 4 is 5.97 Å². The molecular weight excluding hydrogens is 300 g/mol. The minimum atomic E-state index is -0.943. The molecule has 120 valence electrons. The second-order valence-electron chi connectivity index (χ2n) is 6.02. The molecule has 4 heteroatoms. The van der Waals surface area contributed by atoms with E-state index in [-0.39, 0.29) is 5.97 Å². The molecule has 1 aromatic heterocycles. The molecule has 0 saturated heterocycles. The van der Waals surface area contributed by atoms with Crippen LogP contribution >= 0.6 is 0 Å². The van der Waals surface area contributed by atoms with E-state index in [0.29, 0.717) is 12.0 Å². The van der Waals surface area contributed by atoms with Crippen molar-refractivity contribution in [1.29, 1.82) is 0 Å². The maximum absolute atomic E-state index is 12.8. The van der Waals surface area contributed by atoms with Crippen LogP contribution in [0.5, 0.6) is 0 Å². The van der Waals surface area contributed by atoms with E-state index in [9.17, 15) is 4.79 Å². The monoisotopic (exact) mass is 318 g/mol. The van der Waals surface area contributed by atoms with Crippen LogP contribution in [0.25, 0.3) is 11.3 Å². The van der Waals surface area contributed by atoms with E-state index >= 15 is 0 Å². The summed E-state index contributed by atoms with van der Waals surface area (Å²) in [6.45, 7) is 3.97. The van der Waals surface area contributed by atoms with Crippen LogP contribution in [0, 0.1) is 6.92 Å². The van der Waals surface area contributed by atoms with Crippen LogP contribution in [0.2, 0.25) is 0 Å². The molecule has 24 heavy (non-hydrogen) atoms. The number of aryl methyl sites for hydroxylation is 1. The summed E-state index contributed by atoms with van der Waals surface area (Å²) >= 11 is 0. The molecule has 0 N–H and O–H groups in total. The Kier molecular flexibility index (Phi) is 3.27. The Hall–Kier alpha value is -2.88. The quantitative estimate of drug-likeness (QED) is 0.667. The van der Waals surface area contributed by atoms with Crippen molar-refractivity contribution in [2.75, 3.05) is 0 Å². The van der Waals surface area contributed by atoms with Crippen molar-refractivity contribution in [1.82, 2.24) is 9.78 Å². The summed E-state index contributed by atoms with van der Waals surface area (Å²) in [7, 11) is 0. The maximum Gasteiger partial charge on any atom is 0.341 e. The van der Waals surface area contributed by atoms with Gasteiger partial charge in [0.1, 0.15) is 0 Å². The highest BCUT2D eigenvalue weighted by Crippen LogP contribution is 2.40. The van der Waals surface area contributed by atoms with Crippen LogP contribution in [-0.2, 0) is 10.5 Å². The van der Waals surface area contributed by atoms with Crippen LogP contribution in [0.15, 0.2) is 60.7 Å². The van der Waals surface area contributed by atoms with Crippen molar-refractivity contribution in [3.8, 4) is 11.3 Å². The summed E-state index contributed by atoms with van der Waals surface area (Å²) in [5.41, 5.74) is 3.20. The predicted octanol–water partition coefficient (Wildman–Crippen LogP) is 4.14. The average molecular weight is 318 g/mol. The molecule has 1 aliphatic rings. The van der Waals surface area contributed by atoms with E-state index in [2.05, 4.69) is 5.10 Å². The number of ether oxygens (including phenoxy) is 1. The van der Waals surface area contributed by atoms with Gasteiger partial charge in [-0.2, -0.15) is 5.10 Å². The Bertz CT molecular complexity index is 914. The van der Waals surface area contributed by atoms with E-state index in [1.807, 2.05) is 73.1 Å². The third-order valence-electron chi connectivity index (χ3n) is 4.56. The average Bonchev–Trinajstić information content (AvgIpc) is 2.98. The van der Waals surface area contributed by atoms with E-state index in [1.165, 1.54) is 0 Å². The van der Waals surface area contributed by atoms with Gasteiger partial charge in [0.2, 0.25) is 5.72 Å². The number of fused-ring (bicyclic) bond motifs is 3. The lowest BCUT2D eigenvalue weighted by Gasteiger charge is -2.33. The van der Waals surface area contributed by atoms with Gasteiger partial charge in [0, 0.05) is 17.5 Å². The number of cyclic esters (lactones) is 1. The molecule has 4 rings (SSSR count). The van der Waals surface area contributed by atoms with Gasteiger partial charge >= 0.3 is 5.97 Å². The minimum absolute atomic E-state index is 0.320. The Morgan fingerprint density at radius 2 is 1.71 bits per heavy atom. The van der Waals surface area contributed by atoms with Crippen molar-refractivity contribution in [2.45, 2.75) is 26.0 Å². The molecule has 1 unspecified atom stereocenters. The van der Waals surface area contributed by atoms with Gasteiger partial charge in [-0.25, -0.2) is 9.48 Å². The zero-order chi connectivity index (χ0) is 16.7. The van der Waals surface area contributed by atoms with Gasteiger partial charge in [-0.3, -0.25) is 0 Å². The molecule has 4 nitrogen and oxygen atoms in total. The van der Waals surface area contributed by atoms with Crippen molar-refractivity contribution in [3.05, 3.63) is 77.5 Å². The molecular formula is C20H18N2O2. The lowest BCUT2D eigenvalue weighted by atomic mass is 9.99. The topological polar surface area (TPSA) is 44.1 Å². The highest BCUT2D eigenvalue weighted by molar-refractivity contribution is 5.98. The lowest BCUT2D eigenvalue weighted by Crippen LogP contribution is -2.39. The first kappa shape index (κ1) is 14.7. The summed E-state index contributed by atoms with van der Waals surface area (Å²) in [5.74, 6) is -0.320. The van der Waals surface area contributed by atoms with Crippen LogP contribution in [0.3, 0.4) is 0 Å². The number of rotatable bonds is 2. The zero-order valence-corrected chi connectivity index (χ0v) is 13.7. The third-order valence-corrected chi connectivity index (χ3v) is 4.56. The summed E-state index contributed by atoms with van der Waals surface area (Å²) in [6, 6.07) is 19.4. The summed E-state index contributed by atoms with van der Waals surface area (Å²) in [5, 5.41) is 4.68. The fraction of sp³-hybridized carbons (Fsp3) is 0.200. The number of carbonyl (C=O) groups is 1. The maximum atomic E-state index is 12.8. The second-order valence-corrected chi connectivity index (χ2v) is 6.02. The van der Waals surface area contributed by atoms with Gasteiger partial charge < -0.3 is 4.74 Å². The molecule has 0 aliphatic carbocycles. The number of carbonyl (C=O) groups excluding carboxylic acids is 1. The summed E-state index contributed by atoms with van der Waals surface area (Å²) in [4.78, 5) is 12.8. The zero-order valence-electron chi connectivity index (χ0n) is 13.7. The lowest BCUT2D eigenvalue weighted by molar-refractivity contribution is -0.0461. The fourth-order valence-corrected chi connectivity index (χ4v) is 3.41. The fourth-order valence-electron chi connectivity index (χ4n) is 3.41. The summed E-state index contributed by atoms with van der Waals surface area (Å²) < 4.78 is 7.92. The van der Waals surface area contributed by atoms with Crippen LogP contribution in [0.1, 0.15) is 35.0 Å². The largest absolute Gasteiger partial charge is 0.429 e. The smallest absolute Gasteiger partial charge is 0.341 e. The molecule has 1 aliphatic heterocycles. The molecule has 2 aromatic carbocycles. The molecule has 0 saturated carbocycles. The normalized spacial score (nSPS) is 19.2. The van der Waals surface area contributed by atoms with Crippen molar-refractivity contribution in [2.24, 2.45) is 0 Å². The van der Waals surface area contributed by atoms with E-state index in [1.54, 1.807) is 6.07 Å². The second kappa shape index (κ2) is 5.34. The third kappa shape index (κ3) is 1.99. The first-order valence-electron chi connectivity index (χ1n) is 8.11. The van der Waals surface area contributed by atoms with Gasteiger partial charge in [0.25, 0.3) is 0 Å². The van der Waals surface area contributed by atoms with Crippen LogP contribution < -0.4 is 0 Å². The van der Waals surface area contributed by atoms with Crippen molar-refractivity contribution in [3.63, 3.8) is 0 Å². The SMILES string of the molecule is CCC1(c2ccccc2)OC(=O)c2ccccc2-c2cc(C)nn21. The molecule has 3 aromatic rings. The van der Waals surface area contributed by atoms with Gasteiger partial charge in [0.15, 0.2) is 0 Å². The molecule has 0 amide bonds. The van der Waals surface area contributed by atoms with E-state index < -0.39 is 5.72 Å². The Morgan fingerprint density at radius 1 is 1.04 bits per heavy atom. The van der Waals surface area contributed by atoms with Gasteiger partial charge in [-0.05, 0) is 19.1 Å². The number of hydrogen-bond donors (Lipinski definition) is 0. The first-order chi connectivity index (χ1) is 11.7. The molecule has 0 fully saturated rings. The number of hydrogen-bond acceptors (Lipinski definition) is 3.